The molecule has 1 atom stereocenters. The van der Waals surface area contributed by atoms with E-state index in [-0.39, 0.29) is 16.9 Å². The van der Waals surface area contributed by atoms with Gasteiger partial charge in [-0.25, -0.2) is 0 Å². The lowest BCUT2D eigenvalue weighted by molar-refractivity contribution is -0.136. The fraction of sp³-hybridized carbons (Fsp3) is 0.438. The third-order valence-corrected chi connectivity index (χ3v) is 4.20. The number of pyridine rings is 1. The fourth-order valence-corrected chi connectivity index (χ4v) is 3.20. The number of hydrogen-bond donors (Lipinski definition) is 1. The van der Waals surface area contributed by atoms with Crippen LogP contribution in [0.1, 0.15) is 18.4 Å². The molecular formula is C16H17F3N2O2. The van der Waals surface area contributed by atoms with E-state index in [1.54, 1.807) is 13.2 Å². The summed E-state index contributed by atoms with van der Waals surface area (Å²) < 4.78 is 44.8. The van der Waals surface area contributed by atoms with Gasteiger partial charge >= 0.3 is 6.18 Å². The highest BCUT2D eigenvalue weighted by atomic mass is 19.4. The number of methoxy groups -OCH3 is 1. The van der Waals surface area contributed by atoms with E-state index >= 15 is 0 Å². The van der Waals surface area contributed by atoms with E-state index in [2.05, 4.69) is 9.88 Å². The molecular weight excluding hydrogens is 309 g/mol. The zero-order chi connectivity index (χ0) is 16.6. The predicted molar refractivity (Wildman–Crippen MR) is 81.8 cm³/mol. The van der Waals surface area contributed by atoms with Gasteiger partial charge in [-0.2, -0.15) is 13.2 Å². The van der Waals surface area contributed by atoms with Crippen LogP contribution in [0.25, 0.3) is 10.9 Å². The van der Waals surface area contributed by atoms with E-state index in [1.165, 1.54) is 12.1 Å². The molecule has 0 radical (unpaired) electrons. The Labute approximate surface area is 130 Å². The molecule has 0 amide bonds. The molecule has 1 aliphatic heterocycles. The maximum atomic E-state index is 13.2. The van der Waals surface area contributed by atoms with Gasteiger partial charge in [-0.3, -0.25) is 4.79 Å². The summed E-state index contributed by atoms with van der Waals surface area (Å²) in [6.45, 7) is 1.32. The molecule has 3 rings (SSSR count). The standard InChI is InChI=1S/C16H17F3N2O2/c1-23-9-11-3-2-6-21(11)10-4-5-14-12(7-10)13(16(17,18)19)8-15(22)20-14/h4-5,7-8,11H,2-3,6,9H2,1H3,(H,20,22)/t11-/m1/s1. The van der Waals surface area contributed by atoms with Crippen molar-refractivity contribution in [3.05, 3.63) is 40.2 Å². The van der Waals surface area contributed by atoms with Crippen LogP contribution in [0.15, 0.2) is 29.1 Å². The number of ether oxygens (including phenoxy) is 1. The number of rotatable bonds is 3. The minimum absolute atomic E-state index is 0.0117. The summed E-state index contributed by atoms with van der Waals surface area (Å²) in [6, 6.07) is 5.55. The zero-order valence-corrected chi connectivity index (χ0v) is 12.6. The topological polar surface area (TPSA) is 45.3 Å². The minimum Gasteiger partial charge on any atom is -0.383 e. The molecule has 1 fully saturated rings. The normalized spacial score (nSPS) is 18.8. The van der Waals surface area contributed by atoms with Crippen LogP contribution >= 0.6 is 0 Å². The van der Waals surface area contributed by atoms with E-state index in [1.807, 2.05) is 0 Å². The molecule has 0 unspecified atom stereocenters. The second-order valence-electron chi connectivity index (χ2n) is 5.72. The van der Waals surface area contributed by atoms with Crippen LogP contribution in [0.3, 0.4) is 0 Å². The largest absolute Gasteiger partial charge is 0.417 e. The first-order valence-corrected chi connectivity index (χ1v) is 7.40. The van der Waals surface area contributed by atoms with Gasteiger partial charge in [-0.1, -0.05) is 0 Å². The number of halogens is 3. The van der Waals surface area contributed by atoms with Crippen LogP contribution in [0.2, 0.25) is 0 Å². The molecule has 0 aliphatic carbocycles. The second-order valence-corrected chi connectivity index (χ2v) is 5.72. The molecule has 0 bridgehead atoms. The summed E-state index contributed by atoms with van der Waals surface area (Å²) in [5.41, 5.74) is -0.748. The van der Waals surface area contributed by atoms with Crippen molar-refractivity contribution in [3.63, 3.8) is 0 Å². The third kappa shape index (κ3) is 3.06. The Hall–Kier alpha value is -2.02. The first kappa shape index (κ1) is 15.9. The van der Waals surface area contributed by atoms with Gasteiger partial charge in [-0.05, 0) is 31.0 Å². The highest BCUT2D eigenvalue weighted by molar-refractivity contribution is 5.86. The quantitative estimate of drug-likeness (QED) is 0.942. The Kier molecular flexibility index (Phi) is 4.06. The van der Waals surface area contributed by atoms with Crippen molar-refractivity contribution in [2.45, 2.75) is 25.1 Å². The van der Waals surface area contributed by atoms with Gasteiger partial charge in [0.1, 0.15) is 0 Å². The first-order valence-electron chi connectivity index (χ1n) is 7.40. The fourth-order valence-electron chi connectivity index (χ4n) is 3.20. The lowest BCUT2D eigenvalue weighted by Crippen LogP contribution is -2.32. The first-order chi connectivity index (χ1) is 10.9. The summed E-state index contributed by atoms with van der Waals surface area (Å²) >= 11 is 0. The van der Waals surface area contributed by atoms with Crippen LogP contribution in [0, 0.1) is 0 Å². The predicted octanol–water partition coefficient (Wildman–Crippen LogP) is 3.16. The van der Waals surface area contributed by atoms with Gasteiger partial charge in [-0.15, -0.1) is 0 Å². The number of nitrogens with one attached hydrogen (secondary N) is 1. The lowest BCUT2D eigenvalue weighted by Gasteiger charge is -2.26. The van der Waals surface area contributed by atoms with Crippen molar-refractivity contribution < 1.29 is 17.9 Å². The van der Waals surface area contributed by atoms with Crippen LogP contribution in [0.4, 0.5) is 18.9 Å². The number of alkyl halides is 3. The van der Waals surface area contributed by atoms with E-state index < -0.39 is 17.3 Å². The minimum atomic E-state index is -4.57. The molecule has 7 heteroatoms. The van der Waals surface area contributed by atoms with E-state index in [9.17, 15) is 18.0 Å². The van der Waals surface area contributed by atoms with Gasteiger partial charge in [0, 0.05) is 36.3 Å². The molecule has 2 aromatic rings. The Morgan fingerprint density at radius 3 is 2.83 bits per heavy atom. The summed E-state index contributed by atoms with van der Waals surface area (Å²) in [6.07, 6.45) is -2.64. The average molecular weight is 326 g/mol. The zero-order valence-electron chi connectivity index (χ0n) is 12.6. The smallest absolute Gasteiger partial charge is 0.383 e. The number of aromatic amines is 1. The van der Waals surface area contributed by atoms with Crippen molar-refractivity contribution in [3.8, 4) is 0 Å². The molecule has 1 saturated heterocycles. The Morgan fingerprint density at radius 2 is 2.13 bits per heavy atom. The average Bonchev–Trinajstić information content (AvgIpc) is 2.93. The number of benzene rings is 1. The number of aromatic nitrogens is 1. The molecule has 0 spiro atoms. The van der Waals surface area contributed by atoms with Gasteiger partial charge in [0.05, 0.1) is 18.2 Å². The van der Waals surface area contributed by atoms with Crippen LogP contribution < -0.4 is 10.5 Å². The molecule has 23 heavy (non-hydrogen) atoms. The number of hydrogen-bond acceptors (Lipinski definition) is 3. The van der Waals surface area contributed by atoms with E-state index in [4.69, 9.17) is 4.74 Å². The van der Waals surface area contributed by atoms with Gasteiger partial charge in [0.25, 0.3) is 0 Å². The Balaban J connectivity index is 2.11. The van der Waals surface area contributed by atoms with Crippen LogP contribution in [0.5, 0.6) is 0 Å². The van der Waals surface area contributed by atoms with Gasteiger partial charge in [0.2, 0.25) is 5.56 Å². The Bertz CT molecular complexity index is 770. The number of fused-ring (bicyclic) bond motifs is 1. The van der Waals surface area contributed by atoms with Crippen molar-refractivity contribution in [1.82, 2.24) is 4.98 Å². The maximum absolute atomic E-state index is 13.2. The third-order valence-electron chi connectivity index (χ3n) is 4.20. The summed E-state index contributed by atoms with van der Waals surface area (Å²) in [4.78, 5) is 16.0. The van der Waals surface area contributed by atoms with Crippen molar-refractivity contribution in [1.29, 1.82) is 0 Å². The molecule has 1 aliphatic rings. The molecule has 0 saturated carbocycles. The van der Waals surface area contributed by atoms with Crippen molar-refractivity contribution in [2.24, 2.45) is 0 Å². The number of H-pyrrole nitrogens is 1. The second kappa shape index (κ2) is 5.88. The summed E-state index contributed by atoms with van der Waals surface area (Å²) in [7, 11) is 1.61. The molecule has 2 heterocycles. The van der Waals surface area contributed by atoms with E-state index in [0.29, 0.717) is 12.7 Å². The van der Waals surface area contributed by atoms with Crippen LogP contribution in [-0.4, -0.2) is 31.3 Å². The number of anilines is 1. The lowest BCUT2D eigenvalue weighted by atomic mass is 10.1. The van der Waals surface area contributed by atoms with Crippen LogP contribution in [-0.2, 0) is 10.9 Å². The Morgan fingerprint density at radius 1 is 1.35 bits per heavy atom. The molecule has 1 aromatic carbocycles. The number of nitrogens with zero attached hydrogens (tertiary/aromatic N) is 1. The highest BCUT2D eigenvalue weighted by Gasteiger charge is 2.34. The summed E-state index contributed by atoms with van der Waals surface area (Å²) in [5, 5.41) is 0.0117. The highest BCUT2D eigenvalue weighted by Crippen LogP contribution is 2.36. The van der Waals surface area contributed by atoms with Crippen molar-refractivity contribution in [2.75, 3.05) is 25.2 Å². The molecule has 4 nitrogen and oxygen atoms in total. The molecule has 1 aromatic heterocycles. The monoisotopic (exact) mass is 326 g/mol. The van der Waals surface area contributed by atoms with E-state index in [0.717, 1.165) is 25.1 Å². The molecule has 1 N–H and O–H groups in total. The maximum Gasteiger partial charge on any atom is 0.417 e. The van der Waals surface area contributed by atoms with Gasteiger partial charge < -0.3 is 14.6 Å². The summed E-state index contributed by atoms with van der Waals surface area (Å²) in [5.74, 6) is 0. The van der Waals surface area contributed by atoms with Gasteiger partial charge in [0.15, 0.2) is 0 Å². The molecule has 124 valence electrons. The SMILES string of the molecule is COC[C@H]1CCCN1c1ccc2[nH]c(=O)cc(C(F)(F)F)c2c1. The van der Waals surface area contributed by atoms with Crippen molar-refractivity contribution >= 4 is 16.6 Å².